The second kappa shape index (κ2) is 9.98. The summed E-state index contributed by atoms with van der Waals surface area (Å²) < 4.78 is 1.97. The Balaban J connectivity index is 1.73. The fourth-order valence-corrected chi connectivity index (χ4v) is 4.71. The molecule has 0 spiro atoms. The molecule has 0 atom stereocenters. The van der Waals surface area contributed by atoms with E-state index >= 15 is 0 Å². The summed E-state index contributed by atoms with van der Waals surface area (Å²) in [7, 11) is 0. The first-order valence-electron chi connectivity index (χ1n) is 10.2. The van der Waals surface area contributed by atoms with Crippen molar-refractivity contribution in [3.05, 3.63) is 81.4 Å². The van der Waals surface area contributed by atoms with Crippen LogP contribution in [0.3, 0.4) is 0 Å². The summed E-state index contributed by atoms with van der Waals surface area (Å²) in [5.74, 6) is -1.51. The highest BCUT2D eigenvalue weighted by Crippen LogP contribution is 2.35. The van der Waals surface area contributed by atoms with Crippen molar-refractivity contribution in [3.63, 3.8) is 0 Å². The molecule has 172 valence electrons. The molecule has 4 rings (SSSR count). The molecule has 34 heavy (non-hydrogen) atoms. The number of carbonyl (C=O) groups excluding carboxylic acids is 2. The predicted molar refractivity (Wildman–Crippen MR) is 130 cm³/mol. The number of amides is 1. The van der Waals surface area contributed by atoms with Crippen molar-refractivity contribution >= 4 is 51.9 Å². The zero-order valence-corrected chi connectivity index (χ0v) is 19.3. The number of benzene rings is 2. The van der Waals surface area contributed by atoms with Gasteiger partial charge in [0.15, 0.2) is 0 Å². The molecule has 11 heteroatoms. The predicted octanol–water partition coefficient (Wildman–Crippen LogP) is 3.18. The Morgan fingerprint density at radius 1 is 1.18 bits per heavy atom. The summed E-state index contributed by atoms with van der Waals surface area (Å²) in [5, 5.41) is 26.6. The minimum Gasteiger partial charge on any atom is -0.550 e. The molecule has 1 amide bonds. The minimum absolute atomic E-state index is 0.0723. The maximum Gasteiger partial charge on any atom is 0.270 e. The first-order chi connectivity index (χ1) is 16.3. The normalized spacial score (nSPS) is 14.7. The van der Waals surface area contributed by atoms with Crippen LogP contribution >= 0.6 is 24.0 Å². The van der Waals surface area contributed by atoms with E-state index < -0.39 is 10.9 Å². The van der Waals surface area contributed by atoms with E-state index in [1.807, 2.05) is 30.3 Å². The van der Waals surface area contributed by atoms with Crippen LogP contribution in [0.4, 0.5) is 5.69 Å². The molecule has 0 saturated carbocycles. The molecule has 2 heterocycles. The van der Waals surface area contributed by atoms with Crippen LogP contribution in [0, 0.1) is 10.1 Å². The van der Waals surface area contributed by atoms with Gasteiger partial charge in [-0.25, -0.2) is 4.68 Å². The lowest BCUT2D eigenvalue weighted by Crippen LogP contribution is -2.30. The Kier molecular flexibility index (Phi) is 6.85. The lowest BCUT2D eigenvalue weighted by Gasteiger charge is -2.14. The van der Waals surface area contributed by atoms with Gasteiger partial charge in [0.1, 0.15) is 10.0 Å². The number of thioether (sulfide) groups is 1. The van der Waals surface area contributed by atoms with Gasteiger partial charge in [0, 0.05) is 42.0 Å². The maximum absolute atomic E-state index is 12.9. The number of non-ortho nitro benzene ring substituents is 1. The molecule has 0 bridgehead atoms. The topological polar surface area (TPSA) is 121 Å². The molecule has 1 fully saturated rings. The molecule has 3 aromatic rings. The smallest absolute Gasteiger partial charge is 0.270 e. The highest BCUT2D eigenvalue weighted by Gasteiger charge is 2.32. The van der Waals surface area contributed by atoms with Gasteiger partial charge >= 0.3 is 0 Å². The van der Waals surface area contributed by atoms with Crippen molar-refractivity contribution < 1.29 is 19.6 Å². The quantitative estimate of drug-likeness (QED) is 0.203. The van der Waals surface area contributed by atoms with E-state index in [-0.39, 0.29) is 31.0 Å². The van der Waals surface area contributed by atoms with Crippen molar-refractivity contribution in [2.75, 3.05) is 6.54 Å². The van der Waals surface area contributed by atoms with Gasteiger partial charge in [-0.15, -0.1) is 0 Å². The van der Waals surface area contributed by atoms with Crippen molar-refractivity contribution in [1.82, 2.24) is 14.7 Å². The maximum atomic E-state index is 12.9. The first-order valence-corrected chi connectivity index (χ1v) is 11.4. The van der Waals surface area contributed by atoms with E-state index in [1.165, 1.54) is 17.0 Å². The number of nitro benzene ring substituents is 1. The molecule has 9 nitrogen and oxygen atoms in total. The number of carboxylic acid groups (broad SMARTS) is 1. The Morgan fingerprint density at radius 2 is 1.94 bits per heavy atom. The average Bonchev–Trinajstić information content (AvgIpc) is 3.36. The fourth-order valence-electron chi connectivity index (χ4n) is 3.41. The van der Waals surface area contributed by atoms with Gasteiger partial charge < -0.3 is 9.90 Å². The third-order valence-corrected chi connectivity index (χ3v) is 6.39. The van der Waals surface area contributed by atoms with Crippen molar-refractivity contribution in [3.8, 4) is 16.9 Å². The van der Waals surface area contributed by atoms with Crippen LogP contribution in [-0.2, 0) is 9.59 Å². The van der Waals surface area contributed by atoms with Gasteiger partial charge in [-0.1, -0.05) is 54.3 Å². The monoisotopic (exact) mass is 493 g/mol. The number of aliphatic carboxylic acids is 1. The summed E-state index contributed by atoms with van der Waals surface area (Å²) >= 11 is 6.43. The number of carboxylic acids is 1. The molecule has 2 aromatic carbocycles. The number of thiocarbonyl (C=S) groups is 1. The number of para-hydroxylation sites is 1. The largest absolute Gasteiger partial charge is 0.550 e. The Morgan fingerprint density at radius 3 is 2.65 bits per heavy atom. The molecule has 1 aliphatic heterocycles. The molecular weight excluding hydrogens is 476 g/mol. The van der Waals surface area contributed by atoms with E-state index in [4.69, 9.17) is 12.2 Å². The van der Waals surface area contributed by atoms with E-state index in [1.54, 1.807) is 29.1 Å². The number of nitro groups is 1. The van der Waals surface area contributed by atoms with Crippen molar-refractivity contribution in [1.29, 1.82) is 0 Å². The molecule has 1 saturated heterocycles. The SMILES string of the molecule is O=C([O-])CCCN1C(=O)/C(=C/c2cn(-c3ccccc3)nc2-c2cccc([N+](=O)[O-])c2)SC1=S. The minimum atomic E-state index is -1.18. The molecule has 1 aromatic heterocycles. The fraction of sp³-hybridized carbons (Fsp3) is 0.130. The van der Waals surface area contributed by atoms with Gasteiger partial charge in [-0.3, -0.25) is 19.8 Å². The van der Waals surface area contributed by atoms with Crippen LogP contribution in [0.15, 0.2) is 65.7 Å². The van der Waals surface area contributed by atoms with E-state index in [2.05, 4.69) is 5.10 Å². The summed E-state index contributed by atoms with van der Waals surface area (Å²) in [6.07, 6.45) is 3.45. The Labute approximate surface area is 203 Å². The van der Waals surface area contributed by atoms with Crippen LogP contribution in [0.5, 0.6) is 0 Å². The van der Waals surface area contributed by atoms with E-state index in [0.717, 1.165) is 17.4 Å². The summed E-state index contributed by atoms with van der Waals surface area (Å²) in [5.41, 5.74) is 2.29. The van der Waals surface area contributed by atoms with Crippen LogP contribution < -0.4 is 5.11 Å². The number of hydrogen-bond acceptors (Lipinski definition) is 8. The lowest BCUT2D eigenvalue weighted by atomic mass is 10.1. The molecule has 0 unspecified atom stereocenters. The zero-order chi connectivity index (χ0) is 24.2. The third-order valence-electron chi connectivity index (χ3n) is 5.02. The first kappa shape index (κ1) is 23.3. The second-order valence-electron chi connectivity index (χ2n) is 7.33. The number of carbonyl (C=O) groups is 2. The highest BCUT2D eigenvalue weighted by atomic mass is 32.2. The van der Waals surface area contributed by atoms with Crippen molar-refractivity contribution in [2.24, 2.45) is 0 Å². The lowest BCUT2D eigenvalue weighted by molar-refractivity contribution is -0.384. The molecule has 0 aliphatic carbocycles. The number of hydrogen-bond donors (Lipinski definition) is 0. The summed E-state index contributed by atoms with van der Waals surface area (Å²) in [6, 6.07) is 15.5. The standard InChI is InChI=1S/C23H18N4O5S2/c28-20(29)10-5-11-25-22(30)19(34-23(25)33)13-16-14-26(17-7-2-1-3-8-17)24-21(16)15-6-4-9-18(12-15)27(31)32/h1-4,6-9,12-14H,5,10-11H2,(H,28,29)/p-1/b19-13-. The van der Waals surface area contributed by atoms with Crippen LogP contribution in [-0.4, -0.2) is 42.3 Å². The Hall–Kier alpha value is -3.83. The summed E-state index contributed by atoms with van der Waals surface area (Å²) in [4.78, 5) is 36.1. The van der Waals surface area contributed by atoms with Gasteiger partial charge in [0.05, 0.1) is 15.5 Å². The molecule has 0 N–H and O–H groups in total. The van der Waals surface area contributed by atoms with Crippen LogP contribution in [0.1, 0.15) is 18.4 Å². The van der Waals surface area contributed by atoms with Crippen LogP contribution in [0.25, 0.3) is 23.0 Å². The van der Waals surface area contributed by atoms with Gasteiger partial charge in [0.2, 0.25) is 0 Å². The van der Waals surface area contributed by atoms with Crippen molar-refractivity contribution in [2.45, 2.75) is 12.8 Å². The number of rotatable bonds is 8. The molecular formula is C23H17N4O5S2-. The third kappa shape index (κ3) is 5.05. The van der Waals surface area contributed by atoms with Gasteiger partial charge in [-0.2, -0.15) is 5.10 Å². The van der Waals surface area contributed by atoms with Crippen LogP contribution in [0.2, 0.25) is 0 Å². The number of nitrogens with zero attached hydrogens (tertiary/aromatic N) is 4. The Bertz CT molecular complexity index is 1320. The van der Waals surface area contributed by atoms with Gasteiger partial charge in [0.25, 0.3) is 11.6 Å². The van der Waals surface area contributed by atoms with Gasteiger partial charge in [-0.05, 0) is 31.1 Å². The average molecular weight is 494 g/mol. The number of aromatic nitrogens is 2. The zero-order valence-electron chi connectivity index (χ0n) is 17.6. The van der Waals surface area contributed by atoms with E-state index in [0.29, 0.717) is 26.0 Å². The molecule has 1 aliphatic rings. The summed E-state index contributed by atoms with van der Waals surface area (Å²) in [6.45, 7) is 0.178. The molecule has 0 radical (unpaired) electrons. The van der Waals surface area contributed by atoms with E-state index in [9.17, 15) is 24.8 Å². The highest BCUT2D eigenvalue weighted by molar-refractivity contribution is 8.26. The second-order valence-corrected chi connectivity index (χ2v) is 9.01.